The van der Waals surface area contributed by atoms with Crippen molar-refractivity contribution in [3.63, 3.8) is 0 Å². The molecule has 0 saturated heterocycles. The van der Waals surface area contributed by atoms with Crippen LogP contribution in [0.3, 0.4) is 0 Å². The molecule has 2 heterocycles. The van der Waals surface area contributed by atoms with E-state index in [1.54, 1.807) is 17.0 Å². The Morgan fingerprint density at radius 3 is 2.86 bits per heavy atom. The maximum atomic E-state index is 13.0. The minimum Gasteiger partial charge on any atom is -0.358 e. The highest BCUT2D eigenvalue weighted by molar-refractivity contribution is 7.89. The maximum Gasteiger partial charge on any atom is 0.254 e. The Morgan fingerprint density at radius 2 is 2.04 bits per heavy atom. The fourth-order valence-electron chi connectivity index (χ4n) is 3.57. The van der Waals surface area contributed by atoms with Gasteiger partial charge < -0.3 is 9.88 Å². The number of hydrogen-bond donors (Lipinski definition) is 2. The third-order valence-electron chi connectivity index (χ3n) is 4.98. The van der Waals surface area contributed by atoms with Gasteiger partial charge in [0, 0.05) is 53.8 Å². The first-order valence-corrected chi connectivity index (χ1v) is 10.6. The smallest absolute Gasteiger partial charge is 0.254 e. The van der Waals surface area contributed by atoms with E-state index in [-0.39, 0.29) is 17.3 Å². The first kappa shape index (κ1) is 18.5. The largest absolute Gasteiger partial charge is 0.358 e. The van der Waals surface area contributed by atoms with Gasteiger partial charge in [-0.1, -0.05) is 30.3 Å². The molecule has 0 radical (unpaired) electrons. The zero-order chi connectivity index (χ0) is 19.7. The summed E-state index contributed by atoms with van der Waals surface area (Å²) in [5.41, 5.74) is 3.73. The summed E-state index contributed by atoms with van der Waals surface area (Å²) >= 11 is 0. The molecule has 4 rings (SSSR count). The molecule has 1 aliphatic rings. The molecular formula is C21H21N3O3S. The van der Waals surface area contributed by atoms with Crippen molar-refractivity contribution >= 4 is 26.8 Å². The number of nitrogens with zero attached hydrogens (tertiary/aromatic N) is 1. The Hall–Kier alpha value is -2.90. The minimum atomic E-state index is -3.67. The van der Waals surface area contributed by atoms with E-state index in [1.807, 2.05) is 18.2 Å². The second-order valence-corrected chi connectivity index (χ2v) is 8.54. The number of carbonyl (C=O) groups excluding carboxylic acids is 1. The summed E-state index contributed by atoms with van der Waals surface area (Å²) in [5, 5.41) is 1.12. The summed E-state index contributed by atoms with van der Waals surface area (Å²) in [6.45, 7) is 4.74. The number of amides is 1. The monoisotopic (exact) mass is 395 g/mol. The number of fused-ring (bicyclic) bond motifs is 3. The first-order valence-electron chi connectivity index (χ1n) is 9.08. The molecule has 7 heteroatoms. The third-order valence-corrected chi connectivity index (χ3v) is 6.40. The van der Waals surface area contributed by atoms with Crippen LogP contribution in [0.5, 0.6) is 0 Å². The average Bonchev–Trinajstić information content (AvgIpc) is 3.10. The van der Waals surface area contributed by atoms with Gasteiger partial charge in [-0.25, -0.2) is 13.1 Å². The number of para-hydroxylation sites is 1. The molecule has 2 N–H and O–H groups in total. The predicted octanol–water partition coefficient (Wildman–Crippen LogP) is 2.83. The van der Waals surface area contributed by atoms with Crippen LogP contribution in [0.4, 0.5) is 0 Å². The molecule has 6 nitrogen and oxygen atoms in total. The van der Waals surface area contributed by atoms with Gasteiger partial charge in [0.1, 0.15) is 0 Å². The van der Waals surface area contributed by atoms with Gasteiger partial charge >= 0.3 is 0 Å². The van der Waals surface area contributed by atoms with E-state index in [2.05, 4.69) is 22.4 Å². The fraction of sp³-hybridized carbons (Fsp3) is 0.190. The molecule has 0 saturated carbocycles. The number of aromatic amines is 1. The molecule has 0 aliphatic carbocycles. The Kier molecular flexibility index (Phi) is 4.78. The lowest BCUT2D eigenvalue weighted by Gasteiger charge is -2.27. The van der Waals surface area contributed by atoms with Crippen molar-refractivity contribution in [1.82, 2.24) is 14.6 Å². The number of H-pyrrole nitrogens is 1. The molecule has 3 aromatic rings. The van der Waals surface area contributed by atoms with Crippen LogP contribution in [0, 0.1) is 0 Å². The lowest BCUT2D eigenvalue weighted by atomic mass is 10.0. The van der Waals surface area contributed by atoms with Crippen molar-refractivity contribution in [1.29, 1.82) is 0 Å². The predicted molar refractivity (Wildman–Crippen MR) is 109 cm³/mol. The topological polar surface area (TPSA) is 82.3 Å². The van der Waals surface area contributed by atoms with E-state index in [0.29, 0.717) is 18.7 Å². The van der Waals surface area contributed by atoms with Gasteiger partial charge in [-0.3, -0.25) is 4.79 Å². The maximum absolute atomic E-state index is 13.0. The molecule has 0 unspecified atom stereocenters. The van der Waals surface area contributed by atoms with Crippen molar-refractivity contribution in [2.24, 2.45) is 0 Å². The normalized spacial score (nSPS) is 14.1. The molecule has 2 aromatic carbocycles. The average molecular weight is 395 g/mol. The highest BCUT2D eigenvalue weighted by Crippen LogP contribution is 2.28. The van der Waals surface area contributed by atoms with Gasteiger partial charge in [0.05, 0.1) is 4.90 Å². The van der Waals surface area contributed by atoms with Crippen molar-refractivity contribution < 1.29 is 13.2 Å². The molecule has 144 valence electrons. The quantitative estimate of drug-likeness (QED) is 0.652. The van der Waals surface area contributed by atoms with Crippen LogP contribution in [-0.4, -0.2) is 37.3 Å². The SMILES string of the molecule is C=CCNS(=O)(=O)c1cccc(C(=O)N2CCc3[nH]c4ccccc4c3C2)c1. The second kappa shape index (κ2) is 7.26. The first-order chi connectivity index (χ1) is 13.5. The minimum absolute atomic E-state index is 0.0741. The molecule has 0 spiro atoms. The van der Waals surface area contributed by atoms with Gasteiger partial charge in [0.2, 0.25) is 10.0 Å². The Balaban J connectivity index is 1.60. The molecule has 0 bridgehead atoms. The summed E-state index contributed by atoms with van der Waals surface area (Å²) in [7, 11) is -3.67. The molecule has 0 atom stereocenters. The van der Waals surface area contributed by atoms with Gasteiger partial charge in [-0.05, 0) is 24.3 Å². The van der Waals surface area contributed by atoms with Crippen LogP contribution in [0.2, 0.25) is 0 Å². The number of carbonyl (C=O) groups is 1. The number of nitrogens with one attached hydrogen (secondary N) is 2. The highest BCUT2D eigenvalue weighted by atomic mass is 32.2. The van der Waals surface area contributed by atoms with E-state index in [1.165, 1.54) is 18.2 Å². The van der Waals surface area contributed by atoms with Crippen LogP contribution >= 0.6 is 0 Å². The molecule has 0 fully saturated rings. The summed E-state index contributed by atoms with van der Waals surface area (Å²) in [6, 6.07) is 14.2. The zero-order valence-corrected chi connectivity index (χ0v) is 16.1. The zero-order valence-electron chi connectivity index (χ0n) is 15.3. The standard InChI is InChI=1S/C21H21N3O3S/c1-2-11-22-28(26,27)16-7-5-6-15(13-16)21(25)24-12-10-20-18(14-24)17-8-3-4-9-19(17)23-20/h2-9,13,22-23H,1,10-12,14H2. The van der Waals surface area contributed by atoms with Gasteiger partial charge in [-0.15, -0.1) is 6.58 Å². The van der Waals surface area contributed by atoms with Crippen LogP contribution in [0.25, 0.3) is 10.9 Å². The van der Waals surface area contributed by atoms with Crippen LogP contribution in [0.15, 0.2) is 66.1 Å². The molecule has 28 heavy (non-hydrogen) atoms. The van der Waals surface area contributed by atoms with E-state index >= 15 is 0 Å². The number of hydrogen-bond acceptors (Lipinski definition) is 3. The molecule has 1 aromatic heterocycles. The molecule has 1 amide bonds. The van der Waals surface area contributed by atoms with E-state index < -0.39 is 10.0 Å². The molecule has 1 aliphatic heterocycles. The van der Waals surface area contributed by atoms with Crippen molar-refractivity contribution in [2.45, 2.75) is 17.9 Å². The van der Waals surface area contributed by atoms with Crippen molar-refractivity contribution in [2.75, 3.05) is 13.1 Å². The van der Waals surface area contributed by atoms with Gasteiger partial charge in [-0.2, -0.15) is 0 Å². The third kappa shape index (κ3) is 3.34. The number of benzene rings is 2. The van der Waals surface area contributed by atoms with E-state index in [4.69, 9.17) is 0 Å². The summed E-state index contributed by atoms with van der Waals surface area (Å²) in [6.07, 6.45) is 2.22. The summed E-state index contributed by atoms with van der Waals surface area (Å²) in [5.74, 6) is -0.170. The second-order valence-electron chi connectivity index (χ2n) is 6.77. The molecular weight excluding hydrogens is 374 g/mol. The van der Waals surface area contributed by atoms with Gasteiger partial charge in [0.15, 0.2) is 0 Å². The Morgan fingerprint density at radius 1 is 1.21 bits per heavy atom. The van der Waals surface area contributed by atoms with Gasteiger partial charge in [0.25, 0.3) is 5.91 Å². The fourth-order valence-corrected chi connectivity index (χ4v) is 4.61. The van der Waals surface area contributed by atoms with Crippen LogP contribution in [-0.2, 0) is 23.0 Å². The highest BCUT2D eigenvalue weighted by Gasteiger charge is 2.25. The van der Waals surface area contributed by atoms with Crippen LogP contribution in [0.1, 0.15) is 21.6 Å². The summed E-state index contributed by atoms with van der Waals surface area (Å²) < 4.78 is 27.1. The Labute approximate surface area is 163 Å². The van der Waals surface area contributed by atoms with Crippen LogP contribution < -0.4 is 4.72 Å². The Bertz CT molecular complexity index is 1160. The van der Waals surface area contributed by atoms with E-state index in [9.17, 15) is 13.2 Å². The number of sulfonamides is 1. The lowest BCUT2D eigenvalue weighted by Crippen LogP contribution is -2.36. The lowest BCUT2D eigenvalue weighted by molar-refractivity contribution is 0.0735. The van der Waals surface area contributed by atoms with E-state index in [0.717, 1.165) is 28.6 Å². The summed E-state index contributed by atoms with van der Waals surface area (Å²) in [4.78, 5) is 18.3. The van der Waals surface area contributed by atoms with Crippen molar-refractivity contribution in [3.05, 3.63) is 78.0 Å². The number of rotatable bonds is 5. The number of aromatic nitrogens is 1. The van der Waals surface area contributed by atoms with Crippen molar-refractivity contribution in [3.8, 4) is 0 Å².